The molecular weight excluding hydrogens is 260 g/mol. The first-order chi connectivity index (χ1) is 9.70. The van der Waals surface area contributed by atoms with Gasteiger partial charge in [-0.2, -0.15) is 0 Å². The van der Waals surface area contributed by atoms with Crippen LogP contribution in [0.4, 0.5) is 0 Å². The number of fused-ring (bicyclic) bond motifs is 1. The normalized spacial score (nSPS) is 13.0. The predicted octanol–water partition coefficient (Wildman–Crippen LogP) is 2.35. The molecule has 0 fully saturated rings. The van der Waals surface area contributed by atoms with Gasteiger partial charge in [-0.15, -0.1) is 0 Å². The molecule has 5 heteroatoms. The molecule has 1 N–H and O–H groups in total. The molecule has 0 bridgehead atoms. The van der Waals surface area contributed by atoms with Crippen molar-refractivity contribution >= 4 is 0 Å². The molecule has 0 saturated carbocycles. The maximum atomic E-state index is 9.34. The van der Waals surface area contributed by atoms with Crippen LogP contribution in [0.1, 0.15) is 25.8 Å². The minimum Gasteiger partial charge on any atom is -0.491 e. The van der Waals surface area contributed by atoms with Crippen molar-refractivity contribution in [2.45, 2.75) is 26.9 Å². The van der Waals surface area contributed by atoms with E-state index in [1.807, 2.05) is 0 Å². The Labute approximate surface area is 119 Å². The number of aliphatic hydroxyl groups is 1. The van der Waals surface area contributed by atoms with Crippen molar-refractivity contribution in [3.05, 3.63) is 17.7 Å². The summed E-state index contributed by atoms with van der Waals surface area (Å²) in [5.74, 6) is 2.56. The van der Waals surface area contributed by atoms with Gasteiger partial charge in [0.05, 0.1) is 13.2 Å². The maximum absolute atomic E-state index is 9.34. The largest absolute Gasteiger partial charge is 0.491 e. The molecule has 0 atom stereocenters. The minimum atomic E-state index is -0.0970. The molecular formula is C15H22O5. The molecule has 0 spiro atoms. The summed E-state index contributed by atoms with van der Waals surface area (Å²) in [6, 6.07) is 3.50. The van der Waals surface area contributed by atoms with Gasteiger partial charge in [0.15, 0.2) is 11.5 Å². The van der Waals surface area contributed by atoms with Crippen molar-refractivity contribution < 1.29 is 24.1 Å². The topological polar surface area (TPSA) is 57.2 Å². The molecule has 0 aromatic heterocycles. The molecule has 1 aliphatic rings. The standard InChI is InChI=1S/C15H22O5/c1-11(2)3-4-17-5-6-18-13-8-15-14(19-10-20-15)7-12(13)9-16/h7-8,11,16H,3-6,9-10H2,1-2H3. The van der Waals surface area contributed by atoms with E-state index in [1.54, 1.807) is 12.1 Å². The van der Waals surface area contributed by atoms with Crippen LogP contribution >= 0.6 is 0 Å². The van der Waals surface area contributed by atoms with Gasteiger partial charge in [-0.3, -0.25) is 0 Å². The first-order valence-electron chi connectivity index (χ1n) is 6.94. The summed E-state index contributed by atoms with van der Waals surface area (Å²) < 4.78 is 21.7. The lowest BCUT2D eigenvalue weighted by Gasteiger charge is -2.12. The Kier molecular flexibility index (Phi) is 5.49. The highest BCUT2D eigenvalue weighted by Gasteiger charge is 2.17. The molecule has 1 aromatic rings. The van der Waals surface area contributed by atoms with E-state index in [9.17, 15) is 5.11 Å². The molecule has 0 radical (unpaired) electrons. The molecule has 0 amide bonds. The third-order valence-corrected chi connectivity index (χ3v) is 3.05. The van der Waals surface area contributed by atoms with E-state index in [-0.39, 0.29) is 13.4 Å². The van der Waals surface area contributed by atoms with Crippen LogP contribution < -0.4 is 14.2 Å². The van der Waals surface area contributed by atoms with Crippen molar-refractivity contribution in [2.24, 2.45) is 5.92 Å². The van der Waals surface area contributed by atoms with Gasteiger partial charge in [-0.05, 0) is 18.4 Å². The quantitative estimate of drug-likeness (QED) is 0.742. The van der Waals surface area contributed by atoms with Gasteiger partial charge in [0.1, 0.15) is 12.4 Å². The summed E-state index contributed by atoms with van der Waals surface area (Å²) in [5.41, 5.74) is 0.691. The van der Waals surface area contributed by atoms with Crippen molar-refractivity contribution in [2.75, 3.05) is 26.6 Å². The summed E-state index contributed by atoms with van der Waals surface area (Å²) in [5, 5.41) is 9.34. The van der Waals surface area contributed by atoms with Crippen LogP contribution in [-0.4, -0.2) is 31.7 Å². The van der Waals surface area contributed by atoms with E-state index in [0.717, 1.165) is 13.0 Å². The Morgan fingerprint density at radius 2 is 1.90 bits per heavy atom. The molecule has 0 aliphatic carbocycles. The third kappa shape index (κ3) is 4.02. The molecule has 5 nitrogen and oxygen atoms in total. The second kappa shape index (κ2) is 7.36. The highest BCUT2D eigenvalue weighted by Crippen LogP contribution is 2.38. The summed E-state index contributed by atoms with van der Waals surface area (Å²) in [6.45, 7) is 6.17. The average molecular weight is 282 g/mol. The molecule has 1 heterocycles. The highest BCUT2D eigenvalue weighted by atomic mass is 16.7. The Morgan fingerprint density at radius 1 is 1.15 bits per heavy atom. The fourth-order valence-corrected chi connectivity index (χ4v) is 1.85. The predicted molar refractivity (Wildman–Crippen MR) is 74.3 cm³/mol. The van der Waals surface area contributed by atoms with Gasteiger partial charge >= 0.3 is 0 Å². The van der Waals surface area contributed by atoms with Crippen molar-refractivity contribution in [1.29, 1.82) is 0 Å². The van der Waals surface area contributed by atoms with Crippen LogP contribution in [0.3, 0.4) is 0 Å². The van der Waals surface area contributed by atoms with Crippen molar-refractivity contribution in [1.82, 2.24) is 0 Å². The van der Waals surface area contributed by atoms with E-state index in [2.05, 4.69) is 13.8 Å². The number of rotatable bonds is 8. The molecule has 1 aromatic carbocycles. The lowest BCUT2D eigenvalue weighted by Crippen LogP contribution is -2.09. The first kappa shape index (κ1) is 14.9. The number of ether oxygens (including phenoxy) is 4. The van der Waals surface area contributed by atoms with Crippen molar-refractivity contribution in [3.63, 3.8) is 0 Å². The molecule has 20 heavy (non-hydrogen) atoms. The van der Waals surface area contributed by atoms with E-state index in [0.29, 0.717) is 41.9 Å². The number of hydrogen-bond donors (Lipinski definition) is 1. The summed E-state index contributed by atoms with van der Waals surface area (Å²) in [7, 11) is 0. The Bertz CT molecular complexity index is 431. The zero-order chi connectivity index (χ0) is 14.4. The summed E-state index contributed by atoms with van der Waals surface area (Å²) >= 11 is 0. The maximum Gasteiger partial charge on any atom is 0.231 e. The minimum absolute atomic E-state index is 0.0970. The third-order valence-electron chi connectivity index (χ3n) is 3.05. The van der Waals surface area contributed by atoms with Crippen LogP contribution in [0.25, 0.3) is 0 Å². The Morgan fingerprint density at radius 3 is 2.60 bits per heavy atom. The van der Waals surface area contributed by atoms with Gasteiger partial charge in [-0.25, -0.2) is 0 Å². The average Bonchev–Trinajstić information content (AvgIpc) is 2.88. The molecule has 1 aliphatic heterocycles. The highest BCUT2D eigenvalue weighted by molar-refractivity contribution is 5.51. The lowest BCUT2D eigenvalue weighted by atomic mass is 10.1. The second-order valence-electron chi connectivity index (χ2n) is 5.11. The van der Waals surface area contributed by atoms with Crippen LogP contribution in [0, 0.1) is 5.92 Å². The van der Waals surface area contributed by atoms with Gasteiger partial charge in [0.25, 0.3) is 0 Å². The Balaban J connectivity index is 1.80. The monoisotopic (exact) mass is 282 g/mol. The lowest BCUT2D eigenvalue weighted by molar-refractivity contribution is 0.0916. The number of hydrogen-bond acceptors (Lipinski definition) is 5. The van der Waals surface area contributed by atoms with Gasteiger partial charge in [0, 0.05) is 18.2 Å². The smallest absolute Gasteiger partial charge is 0.231 e. The Hall–Kier alpha value is -1.46. The van der Waals surface area contributed by atoms with Gasteiger partial charge in [-0.1, -0.05) is 13.8 Å². The van der Waals surface area contributed by atoms with Crippen LogP contribution in [-0.2, 0) is 11.3 Å². The zero-order valence-corrected chi connectivity index (χ0v) is 12.1. The molecule has 0 saturated heterocycles. The first-order valence-corrected chi connectivity index (χ1v) is 6.94. The number of benzene rings is 1. The van der Waals surface area contributed by atoms with E-state index < -0.39 is 0 Å². The van der Waals surface area contributed by atoms with Gasteiger partial charge < -0.3 is 24.1 Å². The molecule has 112 valence electrons. The summed E-state index contributed by atoms with van der Waals surface area (Å²) in [6.07, 6.45) is 1.05. The van der Waals surface area contributed by atoms with Crippen LogP contribution in [0.2, 0.25) is 0 Å². The van der Waals surface area contributed by atoms with Crippen LogP contribution in [0.5, 0.6) is 17.2 Å². The fraction of sp³-hybridized carbons (Fsp3) is 0.600. The van der Waals surface area contributed by atoms with E-state index >= 15 is 0 Å². The van der Waals surface area contributed by atoms with E-state index in [1.165, 1.54) is 0 Å². The van der Waals surface area contributed by atoms with Crippen LogP contribution in [0.15, 0.2) is 12.1 Å². The SMILES string of the molecule is CC(C)CCOCCOc1cc2c(cc1CO)OCO2. The fourth-order valence-electron chi connectivity index (χ4n) is 1.85. The van der Waals surface area contributed by atoms with E-state index in [4.69, 9.17) is 18.9 Å². The molecule has 2 rings (SSSR count). The second-order valence-corrected chi connectivity index (χ2v) is 5.11. The van der Waals surface area contributed by atoms with Crippen molar-refractivity contribution in [3.8, 4) is 17.2 Å². The number of aliphatic hydroxyl groups excluding tert-OH is 1. The van der Waals surface area contributed by atoms with Gasteiger partial charge in [0.2, 0.25) is 6.79 Å². The molecule has 0 unspecified atom stereocenters. The zero-order valence-electron chi connectivity index (χ0n) is 12.1. The summed E-state index contributed by atoms with van der Waals surface area (Å²) in [4.78, 5) is 0.